The van der Waals surface area contributed by atoms with Crippen LogP contribution in [0, 0.1) is 0 Å². The molecule has 2 amide bonds. The third-order valence-corrected chi connectivity index (χ3v) is 5.78. The lowest BCUT2D eigenvalue weighted by Crippen LogP contribution is -2.35. The second-order valence-electron chi connectivity index (χ2n) is 7.65. The van der Waals surface area contributed by atoms with E-state index in [0.717, 1.165) is 22.4 Å². The van der Waals surface area contributed by atoms with Crippen molar-refractivity contribution in [1.82, 2.24) is 9.97 Å². The van der Waals surface area contributed by atoms with E-state index in [0.29, 0.717) is 37.2 Å². The smallest absolute Gasteiger partial charge is 0.237 e. The highest BCUT2D eigenvalue weighted by molar-refractivity contribution is 6.06. The van der Waals surface area contributed by atoms with Crippen molar-refractivity contribution < 1.29 is 9.59 Å². The summed E-state index contributed by atoms with van der Waals surface area (Å²) in [4.78, 5) is 33.9. The first kappa shape index (κ1) is 17.6. The summed E-state index contributed by atoms with van der Waals surface area (Å²) in [6.45, 7) is 0. The highest BCUT2D eigenvalue weighted by Gasteiger charge is 2.51. The van der Waals surface area contributed by atoms with Crippen LogP contribution < -0.4 is 10.6 Å². The summed E-state index contributed by atoms with van der Waals surface area (Å²) in [7, 11) is 0. The number of aryl methyl sites for hydroxylation is 1. The topological polar surface area (TPSA) is 84.0 Å². The van der Waals surface area contributed by atoms with Crippen LogP contribution in [0.15, 0.2) is 60.9 Å². The highest BCUT2D eigenvalue weighted by atomic mass is 16.2. The van der Waals surface area contributed by atoms with Gasteiger partial charge in [-0.25, -0.2) is 4.98 Å². The van der Waals surface area contributed by atoms with Gasteiger partial charge in [-0.3, -0.25) is 14.6 Å². The lowest BCUT2D eigenvalue weighted by molar-refractivity contribution is -0.120. The zero-order valence-electron chi connectivity index (χ0n) is 15.8. The van der Waals surface area contributed by atoms with Gasteiger partial charge in [0, 0.05) is 30.3 Å². The molecule has 1 aromatic carbocycles. The van der Waals surface area contributed by atoms with Gasteiger partial charge in [0.2, 0.25) is 11.8 Å². The minimum atomic E-state index is -0.644. The Morgan fingerprint density at radius 1 is 1.10 bits per heavy atom. The molecule has 2 aromatic heterocycles. The van der Waals surface area contributed by atoms with E-state index in [1.54, 1.807) is 12.4 Å². The molecule has 1 aliphatic heterocycles. The van der Waals surface area contributed by atoms with Crippen molar-refractivity contribution in [2.45, 2.75) is 31.1 Å². The van der Waals surface area contributed by atoms with Crippen LogP contribution in [0.25, 0.3) is 0 Å². The number of fused-ring (bicyclic) bond motifs is 3. The molecule has 3 heterocycles. The number of rotatable bonds is 4. The Labute approximate surface area is 168 Å². The molecule has 29 heavy (non-hydrogen) atoms. The molecule has 1 spiro atoms. The summed E-state index contributed by atoms with van der Waals surface area (Å²) in [6.07, 6.45) is 5.57. The van der Waals surface area contributed by atoms with Crippen molar-refractivity contribution >= 4 is 23.3 Å². The van der Waals surface area contributed by atoms with Crippen LogP contribution in [0.3, 0.4) is 0 Å². The Hall–Kier alpha value is -3.54. The predicted molar refractivity (Wildman–Crippen MR) is 110 cm³/mol. The van der Waals surface area contributed by atoms with Crippen molar-refractivity contribution in [2.24, 2.45) is 0 Å². The van der Waals surface area contributed by atoms with Crippen LogP contribution in [0.4, 0.5) is 11.5 Å². The molecule has 0 saturated carbocycles. The van der Waals surface area contributed by atoms with E-state index >= 15 is 0 Å². The molecule has 2 N–H and O–H groups in total. The fraction of sp³-hybridized carbons (Fsp3) is 0.217. The quantitative estimate of drug-likeness (QED) is 0.724. The summed E-state index contributed by atoms with van der Waals surface area (Å²) < 4.78 is 0. The maximum absolute atomic E-state index is 12.8. The van der Waals surface area contributed by atoms with Gasteiger partial charge < -0.3 is 10.6 Å². The molecular formula is C23H20N4O2. The lowest BCUT2D eigenvalue weighted by Gasteiger charge is -2.19. The van der Waals surface area contributed by atoms with Crippen molar-refractivity contribution in [2.75, 3.05) is 10.6 Å². The summed E-state index contributed by atoms with van der Waals surface area (Å²) in [5.41, 5.74) is 3.99. The number of aromatic nitrogens is 2. The van der Waals surface area contributed by atoms with Gasteiger partial charge in [-0.1, -0.05) is 36.4 Å². The fourth-order valence-electron chi connectivity index (χ4n) is 4.31. The minimum absolute atomic E-state index is 0.0300. The maximum atomic E-state index is 12.8. The van der Waals surface area contributed by atoms with Gasteiger partial charge >= 0.3 is 0 Å². The normalized spacial score (nSPS) is 19.0. The lowest BCUT2D eigenvalue weighted by atomic mass is 9.80. The van der Waals surface area contributed by atoms with E-state index in [9.17, 15) is 9.59 Å². The molecular weight excluding hydrogens is 364 g/mol. The number of pyridine rings is 2. The molecule has 6 heteroatoms. The van der Waals surface area contributed by atoms with Gasteiger partial charge in [-0.05, 0) is 36.1 Å². The maximum Gasteiger partial charge on any atom is 0.237 e. The molecule has 5 rings (SSSR count). The number of nitrogens with zero attached hydrogens (tertiary/aromatic N) is 2. The number of carbonyl (C=O) groups excluding carboxylic acids is 2. The van der Waals surface area contributed by atoms with Gasteiger partial charge in [0.05, 0.1) is 17.3 Å². The summed E-state index contributed by atoms with van der Waals surface area (Å²) in [6, 6.07) is 15.7. The molecule has 1 unspecified atom stereocenters. The molecule has 0 saturated heterocycles. The summed E-state index contributed by atoms with van der Waals surface area (Å²) >= 11 is 0. The summed E-state index contributed by atoms with van der Waals surface area (Å²) in [5.74, 6) is 0.564. The zero-order chi connectivity index (χ0) is 19.8. The van der Waals surface area contributed by atoms with E-state index in [4.69, 9.17) is 0 Å². The average Bonchev–Trinajstić information content (AvgIpc) is 3.25. The molecule has 144 valence electrons. The first-order valence-corrected chi connectivity index (χ1v) is 9.73. The Bertz CT molecular complexity index is 1110. The largest absolute Gasteiger partial charge is 0.325 e. The number of amides is 2. The number of nitrogens with one attached hydrogen (secondary N) is 2. The van der Waals surface area contributed by atoms with E-state index < -0.39 is 5.41 Å². The van der Waals surface area contributed by atoms with E-state index in [-0.39, 0.29) is 11.8 Å². The number of hydrogen-bond donors (Lipinski definition) is 2. The zero-order valence-corrected chi connectivity index (χ0v) is 15.8. The van der Waals surface area contributed by atoms with Gasteiger partial charge in [0.15, 0.2) is 0 Å². The minimum Gasteiger partial charge on any atom is -0.325 e. The molecule has 2 aliphatic rings. The van der Waals surface area contributed by atoms with E-state index in [1.165, 1.54) is 0 Å². The second kappa shape index (κ2) is 6.81. The molecule has 0 fully saturated rings. The first-order chi connectivity index (χ1) is 14.1. The van der Waals surface area contributed by atoms with Crippen molar-refractivity contribution in [3.8, 4) is 0 Å². The van der Waals surface area contributed by atoms with Gasteiger partial charge in [-0.15, -0.1) is 0 Å². The summed E-state index contributed by atoms with van der Waals surface area (Å²) in [5, 5.41) is 5.83. The van der Waals surface area contributed by atoms with Crippen molar-refractivity contribution in [1.29, 1.82) is 0 Å². The SMILES string of the molecule is O=C(CCc1ccccc1)Nc1cnc2c(c1)CC1(C2)C(=O)Nc2ncccc21. The molecule has 0 radical (unpaired) electrons. The number of benzene rings is 1. The molecule has 0 bridgehead atoms. The van der Waals surface area contributed by atoms with Crippen LogP contribution >= 0.6 is 0 Å². The van der Waals surface area contributed by atoms with Gasteiger partial charge in [-0.2, -0.15) is 0 Å². The van der Waals surface area contributed by atoms with Crippen LogP contribution in [0.2, 0.25) is 0 Å². The fourth-order valence-corrected chi connectivity index (χ4v) is 4.31. The Morgan fingerprint density at radius 3 is 2.83 bits per heavy atom. The van der Waals surface area contributed by atoms with E-state index in [1.807, 2.05) is 48.5 Å². The van der Waals surface area contributed by atoms with Crippen LogP contribution in [-0.2, 0) is 34.3 Å². The van der Waals surface area contributed by atoms with Crippen LogP contribution in [0.5, 0.6) is 0 Å². The second-order valence-corrected chi connectivity index (χ2v) is 7.65. The molecule has 1 atom stereocenters. The third-order valence-electron chi connectivity index (χ3n) is 5.78. The van der Waals surface area contributed by atoms with E-state index in [2.05, 4.69) is 20.6 Å². The monoisotopic (exact) mass is 384 g/mol. The van der Waals surface area contributed by atoms with Crippen LogP contribution in [0.1, 0.15) is 28.8 Å². The number of hydrogen-bond acceptors (Lipinski definition) is 4. The van der Waals surface area contributed by atoms with Crippen molar-refractivity contribution in [3.05, 3.63) is 83.3 Å². The number of carbonyl (C=O) groups is 2. The Kier molecular flexibility index (Phi) is 4.12. The Morgan fingerprint density at radius 2 is 1.97 bits per heavy atom. The van der Waals surface area contributed by atoms with Crippen molar-refractivity contribution in [3.63, 3.8) is 0 Å². The molecule has 3 aromatic rings. The number of anilines is 2. The van der Waals surface area contributed by atoms with Crippen LogP contribution in [-0.4, -0.2) is 21.8 Å². The molecule has 6 nitrogen and oxygen atoms in total. The van der Waals surface area contributed by atoms with Gasteiger partial charge in [0.25, 0.3) is 0 Å². The average molecular weight is 384 g/mol. The Balaban J connectivity index is 1.31. The first-order valence-electron chi connectivity index (χ1n) is 9.73. The highest BCUT2D eigenvalue weighted by Crippen LogP contribution is 2.46. The molecule has 1 aliphatic carbocycles. The predicted octanol–water partition coefficient (Wildman–Crippen LogP) is 3.04. The third kappa shape index (κ3) is 3.06. The standard InChI is InChI=1S/C23H20N4O2/c28-20(9-8-15-5-2-1-3-6-15)26-17-11-16-12-23(13-19(16)25-14-17)18-7-4-10-24-21(18)27-22(23)29/h1-7,10-11,14H,8-9,12-13H2,(H,26,28)(H,24,27,29). The van der Waals surface area contributed by atoms with Gasteiger partial charge in [0.1, 0.15) is 5.82 Å².